The molecule has 0 radical (unpaired) electrons. The number of aromatic nitrogens is 4. The Morgan fingerprint density at radius 1 is 1.19 bits per heavy atom. The quantitative estimate of drug-likeness (QED) is 0.517. The minimum Gasteiger partial charge on any atom is -0.376 e. The first kappa shape index (κ1) is 21.9. The van der Waals surface area contributed by atoms with Crippen molar-refractivity contribution in [2.75, 3.05) is 19.0 Å². The van der Waals surface area contributed by atoms with Gasteiger partial charge in [0.2, 0.25) is 5.82 Å². The number of carbonyl (C=O) groups is 2. The Hall–Kier alpha value is -3.75. The lowest BCUT2D eigenvalue weighted by Crippen LogP contribution is -2.37. The first-order valence-corrected chi connectivity index (χ1v) is 9.94. The van der Waals surface area contributed by atoms with Crippen molar-refractivity contribution in [3.05, 3.63) is 76.2 Å². The lowest BCUT2D eigenvalue weighted by molar-refractivity contribution is -0.109. The molecule has 31 heavy (non-hydrogen) atoms. The van der Waals surface area contributed by atoms with Gasteiger partial charge < -0.3 is 19.6 Å². The fourth-order valence-corrected chi connectivity index (χ4v) is 3.31. The third-order valence-corrected chi connectivity index (χ3v) is 5.00. The molecule has 0 aliphatic heterocycles. The number of hydrogen-bond donors (Lipinski definition) is 1. The van der Waals surface area contributed by atoms with Crippen LogP contribution in [-0.4, -0.2) is 51.7 Å². The van der Waals surface area contributed by atoms with Crippen LogP contribution in [-0.2, 0) is 24.8 Å². The predicted octanol–water partition coefficient (Wildman–Crippen LogP) is 1.02. The van der Waals surface area contributed by atoms with Crippen LogP contribution < -0.4 is 15.8 Å². The Morgan fingerprint density at radius 2 is 1.94 bits per heavy atom. The Bertz CT molecular complexity index is 1100. The molecule has 2 aromatic heterocycles. The second kappa shape index (κ2) is 9.84. The third-order valence-electron chi connectivity index (χ3n) is 5.00. The molecule has 3 rings (SSSR count). The molecule has 0 saturated carbocycles. The van der Waals surface area contributed by atoms with E-state index in [-0.39, 0.29) is 11.4 Å². The van der Waals surface area contributed by atoms with Gasteiger partial charge in [-0.25, -0.2) is 9.67 Å². The van der Waals surface area contributed by atoms with E-state index in [4.69, 9.17) is 0 Å². The minimum atomic E-state index is -0.723. The molecule has 3 aromatic rings. The number of nitrogens with zero attached hydrogens (tertiary/aromatic N) is 5. The van der Waals surface area contributed by atoms with E-state index < -0.39 is 11.9 Å². The zero-order valence-corrected chi connectivity index (χ0v) is 17.9. The second-order valence-electron chi connectivity index (χ2n) is 7.46. The molecule has 9 heteroatoms. The summed E-state index contributed by atoms with van der Waals surface area (Å²) in [6.07, 6.45) is 2.97. The van der Waals surface area contributed by atoms with Crippen LogP contribution in [0, 0.1) is 0 Å². The molecule has 1 aromatic carbocycles. The molecule has 0 bridgehead atoms. The van der Waals surface area contributed by atoms with E-state index in [1.54, 1.807) is 22.4 Å². The van der Waals surface area contributed by atoms with Gasteiger partial charge in [0, 0.05) is 32.9 Å². The standard InChI is InChI=1S/C22H26N6O3/c1-26(2)18-11-12-20(30)27(3)19(18)10-9-17(14-29)24-22(31)21-23-15-28(25-21)13-16-7-5-4-6-8-16/h4-8,11-12,14-15,17H,9-10,13H2,1-3H3,(H,24,31). The van der Waals surface area contributed by atoms with Crippen molar-refractivity contribution in [2.45, 2.75) is 25.4 Å². The van der Waals surface area contributed by atoms with Gasteiger partial charge in [0.1, 0.15) is 12.6 Å². The van der Waals surface area contributed by atoms with E-state index in [1.807, 2.05) is 49.3 Å². The molecule has 0 saturated heterocycles. The summed E-state index contributed by atoms with van der Waals surface area (Å²) in [6.45, 7) is 0.494. The highest BCUT2D eigenvalue weighted by Gasteiger charge is 2.18. The smallest absolute Gasteiger partial charge is 0.291 e. The lowest BCUT2D eigenvalue weighted by atomic mass is 10.1. The second-order valence-corrected chi connectivity index (χ2v) is 7.46. The fraction of sp³-hybridized carbons (Fsp3) is 0.318. The van der Waals surface area contributed by atoms with E-state index in [0.29, 0.717) is 25.7 Å². The largest absolute Gasteiger partial charge is 0.376 e. The van der Waals surface area contributed by atoms with Crippen LogP contribution in [0.5, 0.6) is 0 Å². The number of pyridine rings is 1. The van der Waals surface area contributed by atoms with Gasteiger partial charge >= 0.3 is 0 Å². The van der Waals surface area contributed by atoms with Gasteiger partial charge in [-0.1, -0.05) is 30.3 Å². The summed E-state index contributed by atoms with van der Waals surface area (Å²) in [5.41, 5.74) is 2.60. The van der Waals surface area contributed by atoms with Gasteiger partial charge in [0.05, 0.1) is 18.3 Å². The van der Waals surface area contributed by atoms with Gasteiger partial charge in [-0.15, -0.1) is 5.10 Å². The van der Waals surface area contributed by atoms with Gasteiger partial charge in [-0.3, -0.25) is 9.59 Å². The summed E-state index contributed by atoms with van der Waals surface area (Å²) < 4.78 is 3.13. The van der Waals surface area contributed by atoms with Crippen LogP contribution in [0.1, 0.15) is 28.3 Å². The van der Waals surface area contributed by atoms with Crippen LogP contribution >= 0.6 is 0 Å². The Balaban J connectivity index is 1.64. The molecular formula is C22H26N6O3. The van der Waals surface area contributed by atoms with E-state index in [1.165, 1.54) is 12.4 Å². The highest BCUT2D eigenvalue weighted by Crippen LogP contribution is 2.18. The third kappa shape index (κ3) is 5.44. The van der Waals surface area contributed by atoms with E-state index in [0.717, 1.165) is 16.9 Å². The number of amides is 1. The van der Waals surface area contributed by atoms with Crippen molar-refractivity contribution in [1.82, 2.24) is 24.6 Å². The maximum Gasteiger partial charge on any atom is 0.291 e. The molecule has 1 N–H and O–H groups in total. The average Bonchev–Trinajstić information content (AvgIpc) is 3.22. The van der Waals surface area contributed by atoms with Crippen molar-refractivity contribution in [2.24, 2.45) is 7.05 Å². The Labute approximate surface area is 180 Å². The summed E-state index contributed by atoms with van der Waals surface area (Å²) in [4.78, 5) is 42.1. The number of anilines is 1. The molecule has 0 aliphatic carbocycles. The summed E-state index contributed by atoms with van der Waals surface area (Å²) in [7, 11) is 5.47. The number of hydrogen-bond acceptors (Lipinski definition) is 6. The number of carbonyl (C=O) groups excluding carboxylic acids is 2. The van der Waals surface area contributed by atoms with Crippen molar-refractivity contribution in [1.29, 1.82) is 0 Å². The minimum absolute atomic E-state index is 0.00359. The van der Waals surface area contributed by atoms with Crippen LogP contribution in [0.2, 0.25) is 0 Å². The molecule has 1 amide bonds. The Morgan fingerprint density at radius 3 is 2.61 bits per heavy atom. The first-order valence-electron chi connectivity index (χ1n) is 9.94. The lowest BCUT2D eigenvalue weighted by Gasteiger charge is -2.21. The molecule has 9 nitrogen and oxygen atoms in total. The average molecular weight is 422 g/mol. The van der Waals surface area contributed by atoms with Crippen molar-refractivity contribution >= 4 is 17.9 Å². The molecule has 2 heterocycles. The predicted molar refractivity (Wildman–Crippen MR) is 117 cm³/mol. The SMILES string of the molecule is CN(C)c1ccc(=O)n(C)c1CCC(C=O)NC(=O)c1ncn(Cc2ccccc2)n1. The number of aldehydes is 1. The van der Waals surface area contributed by atoms with E-state index in [2.05, 4.69) is 15.4 Å². The maximum atomic E-state index is 12.5. The van der Waals surface area contributed by atoms with Gasteiger partial charge in [0.15, 0.2) is 0 Å². The normalized spacial score (nSPS) is 11.7. The van der Waals surface area contributed by atoms with Gasteiger partial charge in [-0.2, -0.15) is 0 Å². The number of rotatable bonds is 9. The molecule has 1 atom stereocenters. The first-order chi connectivity index (χ1) is 14.9. The molecule has 0 fully saturated rings. The summed E-state index contributed by atoms with van der Waals surface area (Å²) >= 11 is 0. The molecule has 1 unspecified atom stereocenters. The Kier molecular flexibility index (Phi) is 6.96. The zero-order chi connectivity index (χ0) is 22.4. The summed E-state index contributed by atoms with van der Waals surface area (Å²) in [6, 6.07) is 12.3. The van der Waals surface area contributed by atoms with Crippen LogP contribution in [0.25, 0.3) is 0 Å². The van der Waals surface area contributed by atoms with E-state index >= 15 is 0 Å². The summed E-state index contributed by atoms with van der Waals surface area (Å²) in [5.74, 6) is -0.512. The van der Waals surface area contributed by atoms with Crippen LogP contribution in [0.4, 0.5) is 5.69 Å². The topological polar surface area (TPSA) is 102 Å². The molecule has 0 spiro atoms. The fourth-order valence-electron chi connectivity index (χ4n) is 3.31. The molecule has 0 aliphatic rings. The monoisotopic (exact) mass is 422 g/mol. The highest BCUT2D eigenvalue weighted by atomic mass is 16.2. The van der Waals surface area contributed by atoms with Crippen LogP contribution in [0.15, 0.2) is 53.6 Å². The van der Waals surface area contributed by atoms with Crippen molar-refractivity contribution < 1.29 is 9.59 Å². The molecule has 162 valence electrons. The zero-order valence-electron chi connectivity index (χ0n) is 17.9. The van der Waals surface area contributed by atoms with Gasteiger partial charge in [0.25, 0.3) is 11.5 Å². The summed E-state index contributed by atoms with van der Waals surface area (Å²) in [5, 5.41) is 6.87. The van der Waals surface area contributed by atoms with Crippen molar-refractivity contribution in [3.63, 3.8) is 0 Å². The highest BCUT2D eigenvalue weighted by molar-refractivity contribution is 5.92. The van der Waals surface area contributed by atoms with Crippen LogP contribution in [0.3, 0.4) is 0 Å². The van der Waals surface area contributed by atoms with Crippen molar-refractivity contribution in [3.8, 4) is 0 Å². The van der Waals surface area contributed by atoms with E-state index in [9.17, 15) is 14.4 Å². The number of nitrogens with one attached hydrogen (secondary N) is 1. The molecular weight excluding hydrogens is 396 g/mol. The maximum absolute atomic E-state index is 12.5. The van der Waals surface area contributed by atoms with Gasteiger partial charge in [-0.05, 0) is 24.5 Å². The number of benzene rings is 1.